The highest BCUT2D eigenvalue weighted by molar-refractivity contribution is 8.14. The fourth-order valence-corrected chi connectivity index (χ4v) is 3.41. The summed E-state index contributed by atoms with van der Waals surface area (Å²) in [6.45, 7) is 3.65. The maximum absolute atomic E-state index is 10.1. The molecule has 2 rings (SSSR count). The van der Waals surface area contributed by atoms with E-state index >= 15 is 0 Å². The molecule has 6 nitrogen and oxygen atoms in total. The van der Waals surface area contributed by atoms with Gasteiger partial charge in [-0.2, -0.15) is 0 Å². The van der Waals surface area contributed by atoms with Crippen molar-refractivity contribution in [1.82, 2.24) is 5.32 Å². The van der Waals surface area contributed by atoms with E-state index in [1.54, 1.807) is 0 Å². The van der Waals surface area contributed by atoms with Crippen molar-refractivity contribution in [3.63, 3.8) is 0 Å². The molecule has 0 saturated carbocycles. The van der Waals surface area contributed by atoms with E-state index in [4.69, 9.17) is 10.5 Å². The monoisotopic (exact) mass is 339 g/mol. The Hall–Kier alpha value is -1.12. The molecule has 1 aliphatic heterocycles. The van der Waals surface area contributed by atoms with Crippen molar-refractivity contribution in [3.05, 3.63) is 35.9 Å². The van der Waals surface area contributed by atoms with E-state index < -0.39 is 18.3 Å². The number of hydrogen-bond acceptors (Lipinski definition) is 6. The van der Waals surface area contributed by atoms with Gasteiger partial charge < -0.3 is 26.0 Å². The molecule has 2 unspecified atom stereocenters. The van der Waals surface area contributed by atoms with Crippen LogP contribution in [0.4, 0.5) is 0 Å². The van der Waals surface area contributed by atoms with Crippen molar-refractivity contribution in [2.75, 3.05) is 13.1 Å². The first kappa shape index (κ1) is 18.2. The van der Waals surface area contributed by atoms with Crippen LogP contribution in [0.15, 0.2) is 35.3 Å². The third-order valence-electron chi connectivity index (χ3n) is 3.62. The van der Waals surface area contributed by atoms with Gasteiger partial charge in [0.05, 0.1) is 12.2 Å². The van der Waals surface area contributed by atoms with Crippen LogP contribution < -0.4 is 11.1 Å². The van der Waals surface area contributed by atoms with Crippen molar-refractivity contribution in [2.45, 2.75) is 43.6 Å². The number of nitrogens with zero attached hydrogens (tertiary/aromatic N) is 1. The predicted molar refractivity (Wildman–Crippen MR) is 93.2 cm³/mol. The topological polar surface area (TPSA) is 100 Å². The zero-order chi connectivity index (χ0) is 16.7. The van der Waals surface area contributed by atoms with Gasteiger partial charge in [-0.25, -0.2) is 0 Å². The first-order valence-corrected chi connectivity index (χ1v) is 8.71. The second-order valence-corrected chi connectivity index (χ2v) is 6.62. The largest absolute Gasteiger partial charge is 0.390 e. The molecule has 0 radical (unpaired) electrons. The van der Waals surface area contributed by atoms with E-state index in [-0.39, 0.29) is 5.44 Å². The van der Waals surface area contributed by atoms with Crippen molar-refractivity contribution in [3.8, 4) is 0 Å². The van der Waals surface area contributed by atoms with E-state index in [0.29, 0.717) is 31.2 Å². The molecular weight excluding hydrogens is 314 g/mol. The number of rotatable bonds is 6. The van der Waals surface area contributed by atoms with Crippen LogP contribution in [-0.4, -0.2) is 52.2 Å². The smallest absolute Gasteiger partial charge is 0.156 e. The van der Waals surface area contributed by atoms with Gasteiger partial charge in [0.2, 0.25) is 0 Å². The summed E-state index contributed by atoms with van der Waals surface area (Å²) >= 11 is 1.29. The Labute approximate surface area is 141 Å². The standard InChI is InChI=1S/C16H25N3O3S/c1-2-19-16(17)23-14-8-12(20)15(21)13(22-14)10-18-9-11-6-4-3-5-7-11/h3-7,12-15,18,20-21H,2,8-10H2,1H3,(H2,17,19)/t12?,13?,14-,15+/m1/s1. The highest BCUT2D eigenvalue weighted by Gasteiger charge is 2.37. The third-order valence-corrected chi connectivity index (χ3v) is 4.56. The zero-order valence-electron chi connectivity index (χ0n) is 13.3. The fraction of sp³-hybridized carbons (Fsp3) is 0.562. The molecular formula is C16H25N3O3S. The normalized spacial score (nSPS) is 28.7. The molecule has 0 aromatic heterocycles. The SMILES string of the molecule is CCN=C(N)S[C@@H]1CC(O)[C@H](O)C(CNCc2ccccc2)O1. The van der Waals surface area contributed by atoms with Gasteiger partial charge in [-0.15, -0.1) is 0 Å². The molecule has 1 aliphatic rings. The van der Waals surface area contributed by atoms with Crippen LogP contribution in [0.5, 0.6) is 0 Å². The summed E-state index contributed by atoms with van der Waals surface area (Å²) in [6, 6.07) is 9.99. The Morgan fingerprint density at radius 3 is 2.83 bits per heavy atom. The van der Waals surface area contributed by atoms with Crippen molar-refractivity contribution in [2.24, 2.45) is 10.7 Å². The van der Waals surface area contributed by atoms with Gasteiger partial charge in [0, 0.05) is 26.1 Å². The van der Waals surface area contributed by atoms with Crippen LogP contribution in [0, 0.1) is 0 Å². The number of aliphatic hydroxyl groups is 2. The van der Waals surface area contributed by atoms with Crippen molar-refractivity contribution >= 4 is 16.9 Å². The molecule has 5 N–H and O–H groups in total. The van der Waals surface area contributed by atoms with Crippen LogP contribution in [-0.2, 0) is 11.3 Å². The van der Waals surface area contributed by atoms with Crippen LogP contribution in [0.25, 0.3) is 0 Å². The van der Waals surface area contributed by atoms with Crippen LogP contribution >= 0.6 is 11.8 Å². The lowest BCUT2D eigenvalue weighted by molar-refractivity contribution is -0.142. The van der Waals surface area contributed by atoms with Crippen molar-refractivity contribution < 1.29 is 14.9 Å². The number of nitrogens with one attached hydrogen (secondary N) is 1. The van der Waals surface area contributed by atoms with Gasteiger partial charge in [-0.05, 0) is 12.5 Å². The predicted octanol–water partition coefficient (Wildman–Crippen LogP) is 0.681. The van der Waals surface area contributed by atoms with Crippen LogP contribution in [0.1, 0.15) is 18.9 Å². The van der Waals surface area contributed by atoms with E-state index in [1.165, 1.54) is 11.8 Å². The molecule has 0 bridgehead atoms. The molecule has 0 aliphatic carbocycles. The number of thioether (sulfide) groups is 1. The lowest BCUT2D eigenvalue weighted by Crippen LogP contribution is -2.51. The van der Waals surface area contributed by atoms with E-state index in [9.17, 15) is 10.2 Å². The number of ether oxygens (including phenoxy) is 1. The lowest BCUT2D eigenvalue weighted by Gasteiger charge is -2.36. The number of hydrogen-bond donors (Lipinski definition) is 4. The Morgan fingerprint density at radius 1 is 1.39 bits per heavy atom. The van der Waals surface area contributed by atoms with Crippen LogP contribution in [0.3, 0.4) is 0 Å². The summed E-state index contributed by atoms with van der Waals surface area (Å²) in [5.41, 5.74) is 6.65. The second-order valence-electron chi connectivity index (χ2n) is 5.44. The molecule has 23 heavy (non-hydrogen) atoms. The first-order chi connectivity index (χ1) is 11.1. The van der Waals surface area contributed by atoms with Gasteiger partial charge in [-0.3, -0.25) is 4.99 Å². The molecule has 0 spiro atoms. The van der Waals surface area contributed by atoms with Gasteiger partial charge in [0.15, 0.2) is 5.17 Å². The number of aliphatic imine (C=N–C) groups is 1. The highest BCUT2D eigenvalue weighted by atomic mass is 32.2. The molecule has 4 atom stereocenters. The summed E-state index contributed by atoms with van der Waals surface area (Å²) in [5, 5.41) is 23.8. The average molecular weight is 339 g/mol. The number of aliphatic hydroxyl groups excluding tert-OH is 2. The summed E-state index contributed by atoms with van der Waals surface area (Å²) in [7, 11) is 0. The van der Waals surface area contributed by atoms with Gasteiger partial charge in [0.25, 0.3) is 0 Å². The zero-order valence-corrected chi connectivity index (χ0v) is 14.1. The Morgan fingerprint density at radius 2 is 2.13 bits per heavy atom. The number of benzene rings is 1. The van der Waals surface area contributed by atoms with E-state index in [0.717, 1.165) is 5.56 Å². The van der Waals surface area contributed by atoms with Gasteiger partial charge >= 0.3 is 0 Å². The van der Waals surface area contributed by atoms with E-state index in [2.05, 4.69) is 10.3 Å². The molecule has 7 heteroatoms. The fourth-order valence-electron chi connectivity index (χ4n) is 2.44. The van der Waals surface area contributed by atoms with E-state index in [1.807, 2.05) is 37.3 Å². The summed E-state index contributed by atoms with van der Waals surface area (Å²) in [5.74, 6) is 0. The average Bonchev–Trinajstić information content (AvgIpc) is 2.53. The third kappa shape index (κ3) is 5.78. The molecule has 1 aromatic rings. The van der Waals surface area contributed by atoms with Gasteiger partial charge in [0.1, 0.15) is 11.5 Å². The first-order valence-electron chi connectivity index (χ1n) is 7.83. The van der Waals surface area contributed by atoms with Crippen LogP contribution in [0.2, 0.25) is 0 Å². The molecule has 1 heterocycles. The Bertz CT molecular complexity index is 501. The minimum atomic E-state index is -0.903. The number of amidine groups is 1. The number of nitrogens with two attached hydrogens (primary N) is 1. The Balaban J connectivity index is 1.84. The highest BCUT2D eigenvalue weighted by Crippen LogP contribution is 2.27. The Kier molecular flexibility index (Phi) is 7.32. The molecule has 1 saturated heterocycles. The van der Waals surface area contributed by atoms with Crippen molar-refractivity contribution in [1.29, 1.82) is 0 Å². The maximum Gasteiger partial charge on any atom is 0.156 e. The lowest BCUT2D eigenvalue weighted by atomic mass is 10.0. The minimum absolute atomic E-state index is 0.299. The molecule has 1 fully saturated rings. The second kappa shape index (κ2) is 9.24. The molecule has 1 aromatic carbocycles. The summed E-state index contributed by atoms with van der Waals surface area (Å²) in [6.07, 6.45) is -1.87. The minimum Gasteiger partial charge on any atom is -0.390 e. The maximum atomic E-state index is 10.1. The van der Waals surface area contributed by atoms with Gasteiger partial charge in [-0.1, -0.05) is 42.1 Å². The summed E-state index contributed by atoms with van der Waals surface area (Å²) < 4.78 is 5.85. The molecule has 128 valence electrons. The summed E-state index contributed by atoms with van der Waals surface area (Å²) in [4.78, 5) is 4.11. The quantitative estimate of drug-likeness (QED) is 0.449. The molecule has 0 amide bonds.